The highest BCUT2D eigenvalue weighted by Crippen LogP contribution is 2.22. The van der Waals surface area contributed by atoms with Crippen molar-refractivity contribution in [2.24, 2.45) is 0 Å². The van der Waals surface area contributed by atoms with Crippen LogP contribution in [0.5, 0.6) is 0 Å². The second-order valence-corrected chi connectivity index (χ2v) is 8.24. The van der Waals surface area contributed by atoms with Gasteiger partial charge in [0.05, 0.1) is 17.4 Å². The van der Waals surface area contributed by atoms with Gasteiger partial charge in [-0.25, -0.2) is 4.39 Å². The Hall–Kier alpha value is -3.46. The minimum absolute atomic E-state index is 0.0441. The highest BCUT2D eigenvalue weighted by molar-refractivity contribution is 7.99. The summed E-state index contributed by atoms with van der Waals surface area (Å²) in [6.07, 6.45) is 2.61. The first-order valence-electron chi connectivity index (χ1n) is 10.5. The number of anilines is 1. The van der Waals surface area contributed by atoms with Crippen LogP contribution in [0.4, 0.5) is 10.1 Å². The SMILES string of the molecule is C=CCn1c(SCC(=O)Nc2ccc(CC)cc2)nnc1[C@H](C)NC(=O)c1ccccc1F. The molecule has 2 amide bonds. The molecule has 0 bridgehead atoms. The Balaban J connectivity index is 1.65. The molecule has 0 saturated heterocycles. The summed E-state index contributed by atoms with van der Waals surface area (Å²) in [5.41, 5.74) is 1.89. The predicted molar refractivity (Wildman–Crippen MR) is 128 cm³/mol. The van der Waals surface area contributed by atoms with Crippen LogP contribution in [0.15, 0.2) is 66.3 Å². The van der Waals surface area contributed by atoms with Gasteiger partial charge in [0.2, 0.25) is 5.91 Å². The van der Waals surface area contributed by atoms with Gasteiger partial charge >= 0.3 is 0 Å². The molecule has 0 aliphatic rings. The summed E-state index contributed by atoms with van der Waals surface area (Å²) in [5, 5.41) is 14.5. The van der Waals surface area contributed by atoms with Crippen molar-refractivity contribution in [3.63, 3.8) is 0 Å². The number of rotatable bonds is 10. The number of allylic oxidation sites excluding steroid dienone is 1. The van der Waals surface area contributed by atoms with E-state index < -0.39 is 17.8 Å². The van der Waals surface area contributed by atoms with Gasteiger partial charge in [-0.2, -0.15) is 0 Å². The van der Waals surface area contributed by atoms with E-state index in [2.05, 4.69) is 34.3 Å². The highest BCUT2D eigenvalue weighted by Gasteiger charge is 2.21. The molecule has 3 rings (SSSR count). The zero-order chi connectivity index (χ0) is 23.8. The standard InChI is InChI=1S/C24H26FN5O2S/c1-4-14-30-22(16(3)26-23(32)19-8-6-7-9-20(19)25)28-29-24(30)33-15-21(31)27-18-12-10-17(5-2)11-13-18/h4,6-13,16H,1,5,14-15H2,2-3H3,(H,26,32)(H,27,31)/t16-/m0/s1. The number of benzene rings is 2. The summed E-state index contributed by atoms with van der Waals surface area (Å²) in [7, 11) is 0. The number of nitrogens with zero attached hydrogens (tertiary/aromatic N) is 3. The topological polar surface area (TPSA) is 88.9 Å². The molecule has 0 fully saturated rings. The van der Waals surface area contributed by atoms with E-state index in [9.17, 15) is 14.0 Å². The number of hydrogen-bond donors (Lipinski definition) is 2. The fraction of sp³-hybridized carbons (Fsp3) is 0.250. The van der Waals surface area contributed by atoms with Crippen LogP contribution in [-0.4, -0.2) is 32.3 Å². The first-order valence-corrected chi connectivity index (χ1v) is 11.5. The van der Waals surface area contributed by atoms with Crippen molar-refractivity contribution in [1.82, 2.24) is 20.1 Å². The number of carbonyl (C=O) groups excluding carboxylic acids is 2. The lowest BCUT2D eigenvalue weighted by Crippen LogP contribution is -2.29. The third kappa shape index (κ3) is 6.29. The highest BCUT2D eigenvalue weighted by atomic mass is 32.2. The summed E-state index contributed by atoms with van der Waals surface area (Å²) in [6.45, 7) is 7.97. The van der Waals surface area contributed by atoms with Crippen LogP contribution in [0.2, 0.25) is 0 Å². The lowest BCUT2D eigenvalue weighted by atomic mass is 10.1. The smallest absolute Gasteiger partial charge is 0.254 e. The molecule has 1 heterocycles. The second-order valence-electron chi connectivity index (χ2n) is 7.30. The van der Waals surface area contributed by atoms with Gasteiger partial charge in [-0.1, -0.05) is 49.0 Å². The Morgan fingerprint density at radius 1 is 1.18 bits per heavy atom. The number of halogens is 1. The van der Waals surface area contributed by atoms with Crippen LogP contribution in [-0.2, 0) is 17.8 Å². The number of hydrogen-bond acceptors (Lipinski definition) is 5. The quantitative estimate of drug-likeness (QED) is 0.341. The molecule has 7 nitrogen and oxygen atoms in total. The molecule has 172 valence electrons. The van der Waals surface area contributed by atoms with Gasteiger partial charge in [-0.15, -0.1) is 16.8 Å². The van der Waals surface area contributed by atoms with E-state index in [0.717, 1.165) is 12.1 Å². The van der Waals surface area contributed by atoms with E-state index in [1.807, 2.05) is 24.3 Å². The number of nitrogens with one attached hydrogen (secondary N) is 2. The summed E-state index contributed by atoms with van der Waals surface area (Å²) in [6, 6.07) is 12.9. The Bertz CT molecular complexity index is 1130. The summed E-state index contributed by atoms with van der Waals surface area (Å²) in [5.74, 6) is -0.684. The van der Waals surface area contributed by atoms with Gasteiger partial charge in [0, 0.05) is 12.2 Å². The first-order chi connectivity index (χ1) is 15.9. The van der Waals surface area contributed by atoms with Gasteiger partial charge < -0.3 is 15.2 Å². The Morgan fingerprint density at radius 2 is 1.91 bits per heavy atom. The molecule has 2 aromatic carbocycles. The maximum Gasteiger partial charge on any atom is 0.254 e. The first kappa shape index (κ1) is 24.2. The number of thioether (sulfide) groups is 1. The molecule has 0 spiro atoms. The number of carbonyl (C=O) groups is 2. The van der Waals surface area contributed by atoms with Gasteiger partial charge in [-0.3, -0.25) is 9.59 Å². The van der Waals surface area contributed by atoms with E-state index in [1.54, 1.807) is 23.6 Å². The molecular formula is C24H26FN5O2S. The van der Waals surface area contributed by atoms with Crippen molar-refractivity contribution >= 4 is 29.3 Å². The maximum atomic E-state index is 13.9. The van der Waals surface area contributed by atoms with Crippen molar-refractivity contribution in [3.05, 3.63) is 84.0 Å². The van der Waals surface area contributed by atoms with Crippen LogP contribution in [0.3, 0.4) is 0 Å². The minimum atomic E-state index is -0.596. The zero-order valence-corrected chi connectivity index (χ0v) is 19.4. The van der Waals surface area contributed by atoms with Gasteiger partial charge in [-0.05, 0) is 43.2 Å². The van der Waals surface area contributed by atoms with E-state index >= 15 is 0 Å². The average molecular weight is 468 g/mol. The zero-order valence-electron chi connectivity index (χ0n) is 18.5. The molecule has 0 aliphatic carbocycles. The van der Waals surface area contributed by atoms with E-state index in [4.69, 9.17) is 0 Å². The monoisotopic (exact) mass is 467 g/mol. The van der Waals surface area contributed by atoms with Crippen molar-refractivity contribution in [2.45, 2.75) is 38.0 Å². The van der Waals surface area contributed by atoms with Crippen LogP contribution in [0, 0.1) is 5.82 Å². The minimum Gasteiger partial charge on any atom is -0.342 e. The fourth-order valence-electron chi connectivity index (χ4n) is 3.16. The van der Waals surface area contributed by atoms with Crippen LogP contribution < -0.4 is 10.6 Å². The summed E-state index contributed by atoms with van der Waals surface area (Å²) < 4.78 is 15.7. The molecule has 0 unspecified atom stereocenters. The molecule has 9 heteroatoms. The Kier molecular flexibility index (Phi) is 8.37. The van der Waals surface area contributed by atoms with Crippen molar-refractivity contribution in [3.8, 4) is 0 Å². The molecule has 2 N–H and O–H groups in total. The Labute approximate surface area is 196 Å². The second kappa shape index (κ2) is 11.4. The van der Waals surface area contributed by atoms with Crippen LogP contribution >= 0.6 is 11.8 Å². The van der Waals surface area contributed by atoms with E-state index in [1.165, 1.54) is 35.5 Å². The summed E-state index contributed by atoms with van der Waals surface area (Å²) >= 11 is 1.23. The van der Waals surface area contributed by atoms with Crippen LogP contribution in [0.25, 0.3) is 0 Å². The van der Waals surface area contributed by atoms with E-state index in [0.29, 0.717) is 17.5 Å². The molecule has 0 radical (unpaired) electrons. The van der Waals surface area contributed by atoms with Crippen molar-refractivity contribution < 1.29 is 14.0 Å². The lowest BCUT2D eigenvalue weighted by Gasteiger charge is -2.15. The normalized spacial score (nSPS) is 11.6. The fourth-order valence-corrected chi connectivity index (χ4v) is 3.92. The van der Waals surface area contributed by atoms with Gasteiger partial charge in [0.15, 0.2) is 11.0 Å². The predicted octanol–water partition coefficient (Wildman–Crippen LogP) is 4.39. The van der Waals surface area contributed by atoms with E-state index in [-0.39, 0.29) is 17.2 Å². The number of aromatic nitrogens is 3. The molecule has 1 atom stereocenters. The number of aryl methyl sites for hydroxylation is 1. The maximum absolute atomic E-state index is 13.9. The van der Waals surface area contributed by atoms with Crippen LogP contribution in [0.1, 0.15) is 41.6 Å². The molecule has 3 aromatic rings. The summed E-state index contributed by atoms with van der Waals surface area (Å²) in [4.78, 5) is 24.8. The molecule has 33 heavy (non-hydrogen) atoms. The average Bonchev–Trinajstić information content (AvgIpc) is 3.21. The lowest BCUT2D eigenvalue weighted by molar-refractivity contribution is -0.113. The third-order valence-electron chi connectivity index (χ3n) is 4.89. The number of amides is 2. The third-order valence-corrected chi connectivity index (χ3v) is 5.86. The molecule has 0 saturated carbocycles. The molecule has 1 aromatic heterocycles. The van der Waals surface area contributed by atoms with Crippen molar-refractivity contribution in [2.75, 3.05) is 11.1 Å². The van der Waals surface area contributed by atoms with Gasteiger partial charge in [0.25, 0.3) is 5.91 Å². The van der Waals surface area contributed by atoms with Crippen molar-refractivity contribution in [1.29, 1.82) is 0 Å². The Morgan fingerprint density at radius 3 is 2.58 bits per heavy atom. The molecular weight excluding hydrogens is 441 g/mol. The largest absolute Gasteiger partial charge is 0.342 e. The van der Waals surface area contributed by atoms with Gasteiger partial charge in [0.1, 0.15) is 5.82 Å². The molecule has 0 aliphatic heterocycles.